The highest BCUT2D eigenvalue weighted by molar-refractivity contribution is 5.64. The number of nitrogens with two attached hydrogens (primary N) is 1. The van der Waals surface area contributed by atoms with Gasteiger partial charge in [0.25, 0.3) is 0 Å². The molecule has 0 aliphatic heterocycles. The molecular formula is C30H52N2O2. The van der Waals surface area contributed by atoms with Crippen molar-refractivity contribution in [3.8, 4) is 0 Å². The van der Waals surface area contributed by atoms with E-state index in [9.17, 15) is 4.79 Å². The minimum absolute atomic E-state index is 0.00946. The molecule has 34 heavy (non-hydrogen) atoms. The minimum atomic E-state index is -0.615. The number of allylic oxidation sites excluding steroid dienone is 1. The first kappa shape index (κ1) is 27.3. The smallest absolute Gasteiger partial charge is 0.404 e. The van der Waals surface area contributed by atoms with E-state index in [0.29, 0.717) is 10.8 Å². The van der Waals surface area contributed by atoms with E-state index in [4.69, 9.17) is 15.9 Å². The Bertz CT molecular complexity index is 746. The van der Waals surface area contributed by atoms with Crippen molar-refractivity contribution in [2.75, 3.05) is 0 Å². The van der Waals surface area contributed by atoms with Gasteiger partial charge in [-0.15, -0.1) is 0 Å². The molecule has 0 bridgehead atoms. The van der Waals surface area contributed by atoms with E-state index in [2.05, 4.69) is 40.7 Å². The molecule has 0 aromatic heterocycles. The fourth-order valence-electron chi connectivity index (χ4n) is 8.92. The maximum absolute atomic E-state index is 11.3. The molecule has 4 heteroatoms. The average Bonchev–Trinajstić information content (AvgIpc) is 3.11. The number of carbonyl (C=O) groups is 1. The van der Waals surface area contributed by atoms with Crippen LogP contribution >= 0.6 is 0 Å². The standard InChI is InChI=1S/C28H47NO2.C2H5N/c1-18(2)7-6-8-19(3)23-11-12-24-22-10-9-20-17-21(31-26(29)30)13-15-27(20,4)25(22)14-16-28(23,24)5;1-2-3/h9,18-19,21-25H,6-8,10-17H2,1-5H3,(H2,29,30);2-3H,1H3. The van der Waals surface area contributed by atoms with Gasteiger partial charge in [-0.05, 0) is 104 Å². The summed E-state index contributed by atoms with van der Waals surface area (Å²) in [6.07, 6.45) is 17.4. The Morgan fingerprint density at radius 1 is 1.15 bits per heavy atom. The molecule has 0 spiro atoms. The summed E-state index contributed by atoms with van der Waals surface area (Å²) in [6.45, 7) is 14.1. The van der Waals surface area contributed by atoms with Gasteiger partial charge in [0, 0.05) is 6.42 Å². The number of fused-ring (bicyclic) bond motifs is 5. The molecule has 8 unspecified atom stereocenters. The number of primary amides is 1. The molecule has 194 valence electrons. The average molecular weight is 473 g/mol. The van der Waals surface area contributed by atoms with Crippen LogP contribution in [-0.4, -0.2) is 18.4 Å². The number of hydrogen-bond donors (Lipinski definition) is 2. The van der Waals surface area contributed by atoms with Crippen LogP contribution in [-0.2, 0) is 4.74 Å². The highest BCUT2D eigenvalue weighted by Gasteiger charge is 2.59. The van der Waals surface area contributed by atoms with Crippen LogP contribution in [0.4, 0.5) is 4.79 Å². The van der Waals surface area contributed by atoms with Crippen molar-refractivity contribution >= 4 is 12.3 Å². The Balaban J connectivity index is 0.00000103. The van der Waals surface area contributed by atoms with Crippen molar-refractivity contribution in [3.05, 3.63) is 11.6 Å². The molecule has 0 aromatic rings. The van der Waals surface area contributed by atoms with Crippen LogP contribution in [0.25, 0.3) is 0 Å². The quantitative estimate of drug-likeness (QED) is 0.302. The van der Waals surface area contributed by atoms with Gasteiger partial charge in [0.05, 0.1) is 0 Å². The van der Waals surface area contributed by atoms with Crippen molar-refractivity contribution in [1.29, 1.82) is 5.41 Å². The summed E-state index contributed by atoms with van der Waals surface area (Å²) in [5, 5.41) is 6.08. The Hall–Kier alpha value is -1.32. The van der Waals surface area contributed by atoms with Crippen LogP contribution < -0.4 is 5.73 Å². The van der Waals surface area contributed by atoms with Crippen molar-refractivity contribution in [3.63, 3.8) is 0 Å². The zero-order valence-corrected chi connectivity index (χ0v) is 22.9. The van der Waals surface area contributed by atoms with Gasteiger partial charge in [-0.2, -0.15) is 0 Å². The second-order valence-electron chi connectivity index (χ2n) is 12.9. The molecular weight excluding hydrogens is 420 g/mol. The normalized spacial score (nSPS) is 39.5. The molecule has 3 saturated carbocycles. The molecule has 0 heterocycles. The first-order valence-corrected chi connectivity index (χ1v) is 14.2. The summed E-state index contributed by atoms with van der Waals surface area (Å²) in [6, 6.07) is 0. The van der Waals surface area contributed by atoms with Crippen LogP contribution in [0.3, 0.4) is 0 Å². The lowest BCUT2D eigenvalue weighted by atomic mass is 9.47. The van der Waals surface area contributed by atoms with Gasteiger partial charge in [0.15, 0.2) is 0 Å². The summed E-state index contributed by atoms with van der Waals surface area (Å²) < 4.78 is 5.39. The van der Waals surface area contributed by atoms with Gasteiger partial charge in [-0.1, -0.05) is 65.5 Å². The summed E-state index contributed by atoms with van der Waals surface area (Å²) in [4.78, 5) is 11.3. The fraction of sp³-hybridized carbons (Fsp3) is 0.867. The van der Waals surface area contributed by atoms with Crippen LogP contribution in [0.15, 0.2) is 11.6 Å². The van der Waals surface area contributed by atoms with Gasteiger partial charge in [-0.3, -0.25) is 0 Å². The topological polar surface area (TPSA) is 76.2 Å². The lowest BCUT2D eigenvalue weighted by Gasteiger charge is -2.58. The number of ether oxygens (including phenoxy) is 1. The predicted octanol–water partition coefficient (Wildman–Crippen LogP) is 8.15. The third-order valence-corrected chi connectivity index (χ3v) is 10.5. The number of hydrogen-bond acceptors (Lipinski definition) is 3. The van der Waals surface area contributed by atoms with Gasteiger partial charge >= 0.3 is 6.09 Å². The van der Waals surface area contributed by atoms with E-state index in [-0.39, 0.29) is 6.10 Å². The zero-order valence-electron chi connectivity index (χ0n) is 22.9. The summed E-state index contributed by atoms with van der Waals surface area (Å²) in [7, 11) is 0. The van der Waals surface area contributed by atoms with Crippen LogP contribution in [0, 0.1) is 51.7 Å². The lowest BCUT2D eigenvalue weighted by Crippen LogP contribution is -2.51. The Morgan fingerprint density at radius 3 is 2.50 bits per heavy atom. The third-order valence-electron chi connectivity index (χ3n) is 10.5. The SMILES string of the molecule is CC(C)CCCC(C)C1CCC2C3CC=C4CC(OC(N)=O)CCC4(C)C3CCC12C.CC=N. The largest absolute Gasteiger partial charge is 0.446 e. The molecule has 3 fully saturated rings. The van der Waals surface area contributed by atoms with Crippen LogP contribution in [0.5, 0.6) is 0 Å². The van der Waals surface area contributed by atoms with Gasteiger partial charge in [0.2, 0.25) is 0 Å². The van der Waals surface area contributed by atoms with Crippen LogP contribution in [0.1, 0.15) is 112 Å². The van der Waals surface area contributed by atoms with Crippen molar-refractivity contribution in [2.24, 2.45) is 52.1 Å². The van der Waals surface area contributed by atoms with E-state index in [0.717, 1.165) is 54.8 Å². The van der Waals surface area contributed by atoms with E-state index in [1.165, 1.54) is 57.6 Å². The molecule has 4 nitrogen and oxygen atoms in total. The highest BCUT2D eigenvalue weighted by Crippen LogP contribution is 2.67. The fourth-order valence-corrected chi connectivity index (χ4v) is 8.92. The number of carbonyl (C=O) groups excluding carboxylic acids is 1. The molecule has 3 N–H and O–H groups in total. The molecule has 4 rings (SSSR count). The third kappa shape index (κ3) is 5.41. The molecule has 8 atom stereocenters. The summed E-state index contributed by atoms with van der Waals surface area (Å²) in [5.74, 6) is 5.20. The molecule has 0 saturated heterocycles. The molecule has 0 radical (unpaired) electrons. The van der Waals surface area contributed by atoms with E-state index in [1.54, 1.807) is 12.5 Å². The molecule has 1 amide bonds. The van der Waals surface area contributed by atoms with Crippen molar-refractivity contribution in [1.82, 2.24) is 0 Å². The van der Waals surface area contributed by atoms with Gasteiger partial charge in [0.1, 0.15) is 6.10 Å². The molecule has 4 aliphatic rings. The lowest BCUT2D eigenvalue weighted by molar-refractivity contribution is -0.0578. The van der Waals surface area contributed by atoms with Crippen molar-refractivity contribution < 1.29 is 9.53 Å². The second kappa shape index (κ2) is 11.2. The number of nitrogens with one attached hydrogen (secondary N) is 1. The van der Waals surface area contributed by atoms with E-state index in [1.807, 2.05) is 0 Å². The minimum Gasteiger partial charge on any atom is -0.446 e. The first-order chi connectivity index (χ1) is 16.1. The van der Waals surface area contributed by atoms with Crippen LogP contribution in [0.2, 0.25) is 0 Å². The number of rotatable bonds is 6. The van der Waals surface area contributed by atoms with E-state index < -0.39 is 6.09 Å². The maximum atomic E-state index is 11.3. The Kier molecular flexibility index (Phi) is 8.96. The summed E-state index contributed by atoms with van der Waals surface area (Å²) >= 11 is 0. The molecule has 0 aromatic carbocycles. The maximum Gasteiger partial charge on any atom is 0.404 e. The highest BCUT2D eigenvalue weighted by atomic mass is 16.6. The molecule has 4 aliphatic carbocycles. The second-order valence-corrected chi connectivity index (χ2v) is 12.9. The number of amides is 1. The van der Waals surface area contributed by atoms with Gasteiger partial charge in [-0.25, -0.2) is 4.79 Å². The monoisotopic (exact) mass is 472 g/mol. The Labute approximate surface area is 209 Å². The first-order valence-electron chi connectivity index (χ1n) is 14.2. The van der Waals surface area contributed by atoms with Gasteiger partial charge < -0.3 is 15.9 Å². The zero-order chi connectivity index (χ0) is 25.1. The summed E-state index contributed by atoms with van der Waals surface area (Å²) in [5.41, 5.74) is 7.72. The van der Waals surface area contributed by atoms with Crippen molar-refractivity contribution in [2.45, 2.75) is 118 Å². The van der Waals surface area contributed by atoms with E-state index >= 15 is 0 Å². The Morgan fingerprint density at radius 2 is 1.85 bits per heavy atom. The predicted molar refractivity (Wildman–Crippen MR) is 142 cm³/mol.